The third kappa shape index (κ3) is 5.08. The van der Waals surface area contributed by atoms with Gasteiger partial charge in [0.2, 0.25) is 5.91 Å². The fourth-order valence-corrected chi connectivity index (χ4v) is 4.76. The maximum atomic E-state index is 16.6. The van der Waals surface area contributed by atoms with Crippen molar-refractivity contribution in [2.24, 2.45) is 0 Å². The summed E-state index contributed by atoms with van der Waals surface area (Å²) < 4.78 is 48.9. The molecule has 1 heterocycles. The van der Waals surface area contributed by atoms with E-state index in [4.69, 9.17) is 14.2 Å². The molecule has 200 valence electrons. The highest BCUT2D eigenvalue weighted by atomic mass is 19.1. The van der Waals surface area contributed by atoms with Gasteiger partial charge in [-0.15, -0.1) is 0 Å². The van der Waals surface area contributed by atoms with Crippen molar-refractivity contribution in [1.29, 1.82) is 0 Å². The van der Waals surface area contributed by atoms with E-state index in [0.717, 1.165) is 0 Å². The SMILES string of the molecule is COc1ccc(C(F)C2(C(F)c3ccc(OC)cc3)C(=O)Nc3cc(CC(=O)OC(C)(C)C)ccc32)cc1. The first kappa shape index (κ1) is 27.1. The predicted octanol–water partition coefficient (Wildman–Crippen LogP) is 6.20. The number of rotatable bonds is 8. The molecule has 2 unspecified atom stereocenters. The van der Waals surface area contributed by atoms with Gasteiger partial charge in [0.15, 0.2) is 0 Å². The van der Waals surface area contributed by atoms with E-state index in [1.807, 2.05) is 0 Å². The Hall–Kier alpha value is -3.94. The average molecular weight is 524 g/mol. The summed E-state index contributed by atoms with van der Waals surface area (Å²) in [4.78, 5) is 26.0. The molecule has 0 spiro atoms. The first-order chi connectivity index (χ1) is 18.0. The summed E-state index contributed by atoms with van der Waals surface area (Å²) >= 11 is 0. The number of hydrogen-bond acceptors (Lipinski definition) is 5. The molecular weight excluding hydrogens is 492 g/mol. The molecule has 0 aliphatic carbocycles. The number of anilines is 1. The lowest BCUT2D eigenvalue weighted by atomic mass is 9.69. The van der Waals surface area contributed by atoms with Crippen LogP contribution in [0, 0.1) is 0 Å². The molecule has 3 aromatic carbocycles. The van der Waals surface area contributed by atoms with Crippen molar-refractivity contribution < 1.29 is 32.6 Å². The molecule has 4 rings (SSSR count). The quantitative estimate of drug-likeness (QED) is 0.356. The molecule has 1 amide bonds. The Morgan fingerprint density at radius 1 is 0.868 bits per heavy atom. The molecule has 1 aliphatic rings. The van der Waals surface area contributed by atoms with Gasteiger partial charge in [0, 0.05) is 5.69 Å². The van der Waals surface area contributed by atoms with E-state index in [1.54, 1.807) is 57.2 Å². The van der Waals surface area contributed by atoms with E-state index in [9.17, 15) is 9.59 Å². The molecule has 0 bridgehead atoms. The number of alkyl halides is 2. The summed E-state index contributed by atoms with van der Waals surface area (Å²) in [7, 11) is 2.97. The van der Waals surface area contributed by atoms with E-state index < -0.39 is 35.2 Å². The summed E-state index contributed by atoms with van der Waals surface area (Å²) in [6, 6.07) is 16.9. The van der Waals surface area contributed by atoms with Crippen LogP contribution in [-0.4, -0.2) is 31.7 Å². The number of fused-ring (bicyclic) bond motifs is 1. The van der Waals surface area contributed by atoms with Crippen molar-refractivity contribution in [3.63, 3.8) is 0 Å². The molecule has 3 aromatic rings. The standard InChI is InChI=1S/C30H31F2NO5/c1-29(2,3)38-25(34)17-18-6-15-23-24(16-18)33-28(35)30(23,26(31)19-7-11-21(36-4)12-8-19)27(32)20-9-13-22(37-5)14-10-20/h6-16,26-27H,17H2,1-5H3,(H,33,35). The number of ether oxygens (including phenoxy) is 3. The van der Waals surface area contributed by atoms with Crippen molar-refractivity contribution in [1.82, 2.24) is 0 Å². The molecule has 0 saturated heterocycles. The second-order valence-corrected chi connectivity index (χ2v) is 10.2. The second kappa shape index (κ2) is 10.4. The molecule has 8 heteroatoms. The molecule has 2 atom stereocenters. The van der Waals surface area contributed by atoms with Gasteiger partial charge in [-0.05, 0) is 73.4 Å². The summed E-state index contributed by atoms with van der Waals surface area (Å²) in [5.41, 5.74) is -1.65. The summed E-state index contributed by atoms with van der Waals surface area (Å²) in [5, 5.41) is 2.68. The van der Waals surface area contributed by atoms with Crippen LogP contribution in [0.25, 0.3) is 0 Å². The van der Waals surface area contributed by atoms with Gasteiger partial charge in [-0.25, -0.2) is 8.78 Å². The molecule has 0 radical (unpaired) electrons. The number of methoxy groups -OCH3 is 2. The highest BCUT2D eigenvalue weighted by molar-refractivity contribution is 6.07. The Morgan fingerprint density at radius 3 is 1.82 bits per heavy atom. The van der Waals surface area contributed by atoms with Crippen molar-refractivity contribution >= 4 is 17.6 Å². The zero-order valence-electron chi connectivity index (χ0n) is 22.0. The van der Waals surface area contributed by atoms with Gasteiger partial charge in [0.05, 0.1) is 20.6 Å². The minimum atomic E-state index is -2.22. The number of carbonyl (C=O) groups excluding carboxylic acids is 2. The van der Waals surface area contributed by atoms with Crippen LogP contribution in [0.1, 0.15) is 55.4 Å². The van der Waals surface area contributed by atoms with Crippen LogP contribution < -0.4 is 14.8 Å². The fraction of sp³-hybridized carbons (Fsp3) is 0.333. The van der Waals surface area contributed by atoms with Crippen molar-refractivity contribution in [3.8, 4) is 11.5 Å². The monoisotopic (exact) mass is 523 g/mol. The lowest BCUT2D eigenvalue weighted by Crippen LogP contribution is -2.43. The molecule has 1 N–H and O–H groups in total. The molecular formula is C30H31F2NO5. The molecule has 6 nitrogen and oxygen atoms in total. The Balaban J connectivity index is 1.80. The van der Waals surface area contributed by atoms with E-state index in [-0.39, 0.29) is 28.8 Å². The van der Waals surface area contributed by atoms with Gasteiger partial charge in [-0.3, -0.25) is 9.59 Å². The van der Waals surface area contributed by atoms with Crippen LogP contribution in [0.4, 0.5) is 14.5 Å². The highest BCUT2D eigenvalue weighted by Crippen LogP contribution is 2.56. The largest absolute Gasteiger partial charge is 0.497 e. The van der Waals surface area contributed by atoms with Gasteiger partial charge < -0.3 is 19.5 Å². The molecule has 1 aliphatic heterocycles. The maximum Gasteiger partial charge on any atom is 0.310 e. The Bertz CT molecular complexity index is 1260. The molecule has 0 saturated carbocycles. The number of halogens is 2. The van der Waals surface area contributed by atoms with E-state index >= 15 is 8.78 Å². The summed E-state index contributed by atoms with van der Waals surface area (Å²) in [6.45, 7) is 5.30. The van der Waals surface area contributed by atoms with Crippen molar-refractivity contribution in [3.05, 3.63) is 89.0 Å². The van der Waals surface area contributed by atoms with Crippen LogP contribution in [0.5, 0.6) is 11.5 Å². The van der Waals surface area contributed by atoms with Gasteiger partial charge >= 0.3 is 5.97 Å². The Morgan fingerprint density at radius 2 is 1.37 bits per heavy atom. The number of carbonyl (C=O) groups is 2. The maximum absolute atomic E-state index is 16.6. The first-order valence-corrected chi connectivity index (χ1v) is 12.2. The predicted molar refractivity (Wildman–Crippen MR) is 140 cm³/mol. The fourth-order valence-electron chi connectivity index (χ4n) is 4.76. The molecule has 0 aromatic heterocycles. The van der Waals surface area contributed by atoms with E-state index in [0.29, 0.717) is 17.1 Å². The van der Waals surface area contributed by atoms with E-state index in [2.05, 4.69) is 5.32 Å². The number of amides is 1. The van der Waals surface area contributed by atoms with Gasteiger partial charge in [0.25, 0.3) is 0 Å². The van der Waals surface area contributed by atoms with Crippen molar-refractivity contribution in [2.75, 3.05) is 19.5 Å². The zero-order chi connectivity index (χ0) is 27.7. The second-order valence-electron chi connectivity index (χ2n) is 10.2. The number of benzene rings is 3. The molecule has 0 fully saturated rings. The number of hydrogen-bond donors (Lipinski definition) is 1. The van der Waals surface area contributed by atoms with Crippen LogP contribution in [0.15, 0.2) is 66.7 Å². The summed E-state index contributed by atoms with van der Waals surface area (Å²) in [5.74, 6) is -0.250. The summed E-state index contributed by atoms with van der Waals surface area (Å²) in [6.07, 6.45) is -4.13. The highest BCUT2D eigenvalue weighted by Gasteiger charge is 2.60. The van der Waals surface area contributed by atoms with E-state index in [1.165, 1.54) is 44.6 Å². The average Bonchev–Trinajstić information content (AvgIpc) is 3.18. The van der Waals surface area contributed by atoms with Gasteiger partial charge in [-0.2, -0.15) is 0 Å². The number of esters is 1. The zero-order valence-corrected chi connectivity index (χ0v) is 22.0. The normalized spacial score (nSPS) is 18.2. The topological polar surface area (TPSA) is 73.9 Å². The Kier molecular flexibility index (Phi) is 7.44. The smallest absolute Gasteiger partial charge is 0.310 e. The van der Waals surface area contributed by atoms with Crippen LogP contribution in [-0.2, 0) is 26.2 Å². The third-order valence-corrected chi connectivity index (χ3v) is 6.54. The van der Waals surface area contributed by atoms with Crippen LogP contribution in [0.2, 0.25) is 0 Å². The minimum absolute atomic E-state index is 0.0531. The third-order valence-electron chi connectivity index (χ3n) is 6.54. The van der Waals surface area contributed by atoms with Crippen LogP contribution >= 0.6 is 0 Å². The lowest BCUT2D eigenvalue weighted by molar-refractivity contribution is -0.153. The van der Waals surface area contributed by atoms with Crippen LogP contribution in [0.3, 0.4) is 0 Å². The van der Waals surface area contributed by atoms with Crippen molar-refractivity contribution in [2.45, 2.75) is 50.6 Å². The lowest BCUT2D eigenvalue weighted by Gasteiger charge is -2.34. The molecule has 38 heavy (non-hydrogen) atoms. The minimum Gasteiger partial charge on any atom is -0.497 e. The van der Waals surface area contributed by atoms with Gasteiger partial charge in [0.1, 0.15) is 34.9 Å². The first-order valence-electron chi connectivity index (χ1n) is 12.2. The van der Waals surface area contributed by atoms with Gasteiger partial charge in [-0.1, -0.05) is 36.4 Å². The number of nitrogens with one attached hydrogen (secondary N) is 1. The Labute approximate surface area is 220 Å².